The van der Waals surface area contributed by atoms with Crippen LogP contribution in [0.3, 0.4) is 0 Å². The number of benzene rings is 1. The van der Waals surface area contributed by atoms with E-state index in [1.807, 2.05) is 6.07 Å². The number of carbonyl (C=O) groups is 1. The van der Waals surface area contributed by atoms with E-state index in [1.54, 1.807) is 0 Å². The second-order valence-corrected chi connectivity index (χ2v) is 4.85. The highest BCUT2D eigenvalue weighted by atomic mass is 79.9. The first-order valence-electron chi connectivity index (χ1n) is 5.46. The van der Waals surface area contributed by atoms with Gasteiger partial charge in [0.05, 0.1) is 6.54 Å². The molecule has 0 amide bonds. The number of anilines is 1. The van der Waals surface area contributed by atoms with E-state index < -0.39 is 0 Å². The Balaban J connectivity index is 1.96. The number of aldehydes is 1. The maximum Gasteiger partial charge on any atom is 0.133 e. The average Bonchev–Trinajstić information content (AvgIpc) is 2.30. The summed E-state index contributed by atoms with van der Waals surface area (Å²) in [5, 5.41) is 0. The molecular formula is C12H15BrN2O. The van der Waals surface area contributed by atoms with Crippen LogP contribution in [-0.4, -0.2) is 43.9 Å². The standard InChI is InChI=1S/C12H15BrN2O/c13-11-2-1-3-12(10-11)15-6-4-14(5-7-15)8-9-16/h1-3,9-10H,4-8H2. The topological polar surface area (TPSA) is 23.6 Å². The van der Waals surface area contributed by atoms with Crippen LogP contribution in [-0.2, 0) is 4.79 Å². The van der Waals surface area contributed by atoms with E-state index in [9.17, 15) is 4.79 Å². The van der Waals surface area contributed by atoms with E-state index in [0.29, 0.717) is 6.54 Å². The van der Waals surface area contributed by atoms with Crippen LogP contribution in [0.25, 0.3) is 0 Å². The minimum absolute atomic E-state index is 0.562. The lowest BCUT2D eigenvalue weighted by Gasteiger charge is -2.35. The smallest absolute Gasteiger partial charge is 0.133 e. The highest BCUT2D eigenvalue weighted by Gasteiger charge is 2.16. The fourth-order valence-electron chi connectivity index (χ4n) is 1.97. The number of halogens is 1. The van der Waals surface area contributed by atoms with E-state index in [1.165, 1.54) is 5.69 Å². The van der Waals surface area contributed by atoms with Crippen LogP contribution in [0.1, 0.15) is 0 Å². The molecule has 4 heteroatoms. The van der Waals surface area contributed by atoms with Gasteiger partial charge < -0.3 is 9.69 Å². The van der Waals surface area contributed by atoms with Crippen molar-refractivity contribution in [2.45, 2.75) is 0 Å². The SMILES string of the molecule is O=CCN1CCN(c2cccc(Br)c2)CC1. The largest absolute Gasteiger partial charge is 0.369 e. The first-order chi connectivity index (χ1) is 7.79. The first kappa shape index (κ1) is 11.6. The van der Waals surface area contributed by atoms with Crippen molar-refractivity contribution in [2.75, 3.05) is 37.6 Å². The van der Waals surface area contributed by atoms with Gasteiger partial charge in [-0.2, -0.15) is 0 Å². The summed E-state index contributed by atoms with van der Waals surface area (Å²) in [6, 6.07) is 8.35. The second-order valence-electron chi connectivity index (χ2n) is 3.93. The Morgan fingerprint density at radius 1 is 1.25 bits per heavy atom. The van der Waals surface area contributed by atoms with E-state index in [-0.39, 0.29) is 0 Å². The van der Waals surface area contributed by atoms with Crippen molar-refractivity contribution in [2.24, 2.45) is 0 Å². The Kier molecular flexibility index (Phi) is 3.96. The molecule has 1 aromatic carbocycles. The average molecular weight is 283 g/mol. The number of rotatable bonds is 3. The second kappa shape index (κ2) is 5.46. The Labute approximate surface area is 104 Å². The summed E-state index contributed by atoms with van der Waals surface area (Å²) in [4.78, 5) is 14.9. The maximum absolute atomic E-state index is 10.4. The van der Waals surface area contributed by atoms with Gasteiger partial charge in [0.1, 0.15) is 6.29 Å². The number of hydrogen-bond donors (Lipinski definition) is 0. The molecule has 86 valence electrons. The molecule has 0 aliphatic carbocycles. The summed E-state index contributed by atoms with van der Waals surface area (Å²) in [5.41, 5.74) is 1.25. The number of hydrogen-bond acceptors (Lipinski definition) is 3. The summed E-state index contributed by atoms with van der Waals surface area (Å²) >= 11 is 3.48. The fraction of sp³-hybridized carbons (Fsp3) is 0.417. The molecule has 1 aliphatic rings. The minimum atomic E-state index is 0.562. The Morgan fingerprint density at radius 2 is 2.00 bits per heavy atom. The van der Waals surface area contributed by atoms with Crippen LogP contribution in [0.5, 0.6) is 0 Å². The van der Waals surface area contributed by atoms with E-state index in [0.717, 1.165) is 36.9 Å². The zero-order valence-electron chi connectivity index (χ0n) is 9.10. The molecular weight excluding hydrogens is 268 g/mol. The molecule has 1 heterocycles. The lowest BCUT2D eigenvalue weighted by Crippen LogP contribution is -2.46. The zero-order chi connectivity index (χ0) is 11.4. The molecule has 1 aliphatic heterocycles. The van der Waals surface area contributed by atoms with E-state index in [2.05, 4.69) is 43.9 Å². The van der Waals surface area contributed by atoms with Crippen molar-refractivity contribution in [3.8, 4) is 0 Å². The van der Waals surface area contributed by atoms with Gasteiger partial charge >= 0.3 is 0 Å². The van der Waals surface area contributed by atoms with Crippen LogP contribution < -0.4 is 4.90 Å². The van der Waals surface area contributed by atoms with Gasteiger partial charge in [0.15, 0.2) is 0 Å². The lowest BCUT2D eigenvalue weighted by atomic mass is 10.2. The first-order valence-corrected chi connectivity index (χ1v) is 6.25. The summed E-state index contributed by atoms with van der Waals surface area (Å²) in [6.45, 7) is 4.47. The molecule has 0 N–H and O–H groups in total. The van der Waals surface area contributed by atoms with Gasteiger partial charge in [-0.05, 0) is 18.2 Å². The molecule has 0 bridgehead atoms. The Hall–Kier alpha value is -0.870. The molecule has 1 saturated heterocycles. The van der Waals surface area contributed by atoms with Crippen molar-refractivity contribution in [3.63, 3.8) is 0 Å². The van der Waals surface area contributed by atoms with Gasteiger partial charge in [-0.3, -0.25) is 4.90 Å². The Morgan fingerprint density at radius 3 is 2.62 bits per heavy atom. The van der Waals surface area contributed by atoms with E-state index >= 15 is 0 Å². The van der Waals surface area contributed by atoms with Crippen LogP contribution >= 0.6 is 15.9 Å². The van der Waals surface area contributed by atoms with Crippen LogP contribution in [0.15, 0.2) is 28.7 Å². The molecule has 0 radical (unpaired) electrons. The molecule has 1 aromatic rings. The fourth-order valence-corrected chi connectivity index (χ4v) is 2.35. The molecule has 0 aromatic heterocycles. The van der Waals surface area contributed by atoms with Crippen molar-refractivity contribution in [1.29, 1.82) is 0 Å². The molecule has 2 rings (SSSR count). The highest BCUT2D eigenvalue weighted by Crippen LogP contribution is 2.20. The Bertz CT molecular complexity index is 362. The molecule has 16 heavy (non-hydrogen) atoms. The quantitative estimate of drug-likeness (QED) is 0.790. The number of piperazine rings is 1. The van der Waals surface area contributed by atoms with Crippen molar-refractivity contribution in [1.82, 2.24) is 4.90 Å². The van der Waals surface area contributed by atoms with Gasteiger partial charge in [-0.1, -0.05) is 22.0 Å². The predicted molar refractivity (Wildman–Crippen MR) is 68.9 cm³/mol. The summed E-state index contributed by atoms with van der Waals surface area (Å²) in [7, 11) is 0. The molecule has 3 nitrogen and oxygen atoms in total. The van der Waals surface area contributed by atoms with Gasteiger partial charge in [0.25, 0.3) is 0 Å². The third-order valence-corrected chi connectivity index (χ3v) is 3.37. The third kappa shape index (κ3) is 2.83. The lowest BCUT2D eigenvalue weighted by molar-refractivity contribution is -0.108. The number of nitrogens with zero attached hydrogens (tertiary/aromatic N) is 2. The monoisotopic (exact) mass is 282 g/mol. The van der Waals surface area contributed by atoms with Gasteiger partial charge in [-0.25, -0.2) is 0 Å². The van der Waals surface area contributed by atoms with Crippen LogP contribution in [0, 0.1) is 0 Å². The third-order valence-electron chi connectivity index (χ3n) is 2.88. The summed E-state index contributed by atoms with van der Waals surface area (Å²) < 4.78 is 1.11. The molecule has 0 saturated carbocycles. The minimum Gasteiger partial charge on any atom is -0.369 e. The summed E-state index contributed by atoms with van der Waals surface area (Å²) in [5.74, 6) is 0. The van der Waals surface area contributed by atoms with Gasteiger partial charge in [-0.15, -0.1) is 0 Å². The van der Waals surface area contributed by atoms with Crippen molar-refractivity contribution in [3.05, 3.63) is 28.7 Å². The zero-order valence-corrected chi connectivity index (χ0v) is 10.7. The van der Waals surface area contributed by atoms with E-state index in [4.69, 9.17) is 0 Å². The summed E-state index contributed by atoms with van der Waals surface area (Å²) in [6.07, 6.45) is 0.981. The van der Waals surface area contributed by atoms with Gasteiger partial charge in [0.2, 0.25) is 0 Å². The van der Waals surface area contributed by atoms with Crippen molar-refractivity contribution < 1.29 is 4.79 Å². The van der Waals surface area contributed by atoms with Gasteiger partial charge in [0, 0.05) is 36.3 Å². The maximum atomic E-state index is 10.4. The highest BCUT2D eigenvalue weighted by molar-refractivity contribution is 9.10. The molecule has 0 atom stereocenters. The molecule has 0 unspecified atom stereocenters. The van der Waals surface area contributed by atoms with Crippen LogP contribution in [0.2, 0.25) is 0 Å². The normalized spacial score (nSPS) is 17.4. The predicted octanol–water partition coefficient (Wildman–Crippen LogP) is 1.77. The molecule has 1 fully saturated rings. The number of carbonyl (C=O) groups excluding carboxylic acids is 1. The van der Waals surface area contributed by atoms with Crippen molar-refractivity contribution >= 4 is 27.9 Å². The molecule has 0 spiro atoms. The van der Waals surface area contributed by atoms with Crippen LogP contribution in [0.4, 0.5) is 5.69 Å².